The topological polar surface area (TPSA) is 108 Å². The summed E-state index contributed by atoms with van der Waals surface area (Å²) in [7, 11) is -3.76. The van der Waals surface area contributed by atoms with Gasteiger partial charge < -0.3 is 5.32 Å². The van der Waals surface area contributed by atoms with Gasteiger partial charge in [0.1, 0.15) is 6.33 Å². The van der Waals surface area contributed by atoms with E-state index < -0.39 is 10.0 Å². The van der Waals surface area contributed by atoms with Gasteiger partial charge in [-0.25, -0.2) is 13.4 Å². The number of thioether (sulfide) groups is 1. The van der Waals surface area contributed by atoms with Gasteiger partial charge in [0, 0.05) is 22.8 Å². The highest BCUT2D eigenvalue weighted by Crippen LogP contribution is 2.28. The van der Waals surface area contributed by atoms with E-state index >= 15 is 0 Å². The molecule has 0 radical (unpaired) electrons. The van der Waals surface area contributed by atoms with Gasteiger partial charge in [-0.1, -0.05) is 47.0 Å². The smallest absolute Gasteiger partial charge is 0.243 e. The van der Waals surface area contributed by atoms with Crippen molar-refractivity contribution in [3.63, 3.8) is 0 Å². The third-order valence-corrected chi connectivity index (χ3v) is 8.08. The van der Waals surface area contributed by atoms with E-state index in [9.17, 15) is 13.2 Å². The van der Waals surface area contributed by atoms with Crippen molar-refractivity contribution in [1.29, 1.82) is 0 Å². The molecule has 0 atom stereocenters. The lowest BCUT2D eigenvalue weighted by Crippen LogP contribution is -2.47. The second-order valence-corrected chi connectivity index (χ2v) is 10.7. The van der Waals surface area contributed by atoms with Gasteiger partial charge in [-0.2, -0.15) is 9.40 Å². The maximum Gasteiger partial charge on any atom is 0.243 e. The molecular formula is C18H24BrN5O3S2. The molecule has 1 aliphatic rings. The van der Waals surface area contributed by atoms with Gasteiger partial charge in [0.2, 0.25) is 15.9 Å². The highest BCUT2D eigenvalue weighted by Gasteiger charge is 2.33. The van der Waals surface area contributed by atoms with Crippen LogP contribution >= 0.6 is 27.7 Å². The van der Waals surface area contributed by atoms with Crippen molar-refractivity contribution < 1.29 is 13.2 Å². The molecule has 1 saturated carbocycles. The van der Waals surface area contributed by atoms with Crippen LogP contribution in [0.4, 0.5) is 0 Å². The van der Waals surface area contributed by atoms with Crippen molar-refractivity contribution in [1.82, 2.24) is 24.8 Å². The Balaban J connectivity index is 1.64. The summed E-state index contributed by atoms with van der Waals surface area (Å²) in [4.78, 5) is 16.7. The van der Waals surface area contributed by atoms with Crippen molar-refractivity contribution >= 4 is 43.6 Å². The lowest BCUT2D eigenvalue weighted by molar-refractivity contribution is -0.121. The normalized spacial score (nSPS) is 15.5. The molecule has 1 aliphatic carbocycles. The number of hydrogen-bond acceptors (Lipinski definition) is 6. The lowest BCUT2D eigenvalue weighted by atomic mass is 9.95. The van der Waals surface area contributed by atoms with Gasteiger partial charge in [0.25, 0.3) is 0 Å². The maximum absolute atomic E-state index is 13.3. The number of aromatic nitrogens is 3. The van der Waals surface area contributed by atoms with Gasteiger partial charge in [-0.3, -0.25) is 9.89 Å². The number of rotatable bonds is 9. The molecule has 0 aliphatic heterocycles. The molecule has 29 heavy (non-hydrogen) atoms. The summed E-state index contributed by atoms with van der Waals surface area (Å²) in [5.74, 6) is 0.318. The molecule has 1 heterocycles. The molecule has 11 heteroatoms. The van der Waals surface area contributed by atoms with Gasteiger partial charge in [0.05, 0.1) is 11.4 Å². The quantitative estimate of drug-likeness (QED) is 0.403. The Hall–Kier alpha value is -1.43. The van der Waals surface area contributed by atoms with E-state index in [0.29, 0.717) is 17.5 Å². The predicted molar refractivity (Wildman–Crippen MR) is 115 cm³/mol. The van der Waals surface area contributed by atoms with Crippen LogP contribution < -0.4 is 5.32 Å². The summed E-state index contributed by atoms with van der Waals surface area (Å²) in [5, 5.41) is 10.0. The van der Waals surface area contributed by atoms with Crippen molar-refractivity contribution in [3.05, 3.63) is 35.1 Å². The third kappa shape index (κ3) is 6.27. The minimum Gasteiger partial charge on any atom is -0.354 e. The second kappa shape index (κ2) is 10.6. The van der Waals surface area contributed by atoms with Gasteiger partial charge in [-0.05, 0) is 37.1 Å². The molecule has 3 rings (SSSR count). The van der Waals surface area contributed by atoms with E-state index in [1.54, 1.807) is 24.3 Å². The van der Waals surface area contributed by atoms with Crippen LogP contribution in [-0.2, 0) is 14.8 Å². The molecule has 0 bridgehead atoms. The number of aromatic amines is 1. The Morgan fingerprint density at radius 3 is 2.62 bits per heavy atom. The Labute approximate surface area is 183 Å². The number of nitrogens with one attached hydrogen (secondary N) is 2. The Kier molecular flexibility index (Phi) is 8.10. The summed E-state index contributed by atoms with van der Waals surface area (Å²) in [5.41, 5.74) is 0. The zero-order valence-electron chi connectivity index (χ0n) is 15.9. The zero-order chi connectivity index (χ0) is 20.7. The average molecular weight is 502 g/mol. The molecule has 1 aromatic carbocycles. The number of carbonyl (C=O) groups excluding carboxylic acids is 1. The van der Waals surface area contributed by atoms with E-state index in [0.717, 1.165) is 36.6 Å². The first-order valence-corrected chi connectivity index (χ1v) is 12.7. The van der Waals surface area contributed by atoms with Crippen molar-refractivity contribution in [2.45, 2.75) is 48.2 Å². The van der Waals surface area contributed by atoms with Crippen molar-refractivity contribution in [2.24, 2.45) is 0 Å². The number of halogens is 1. The predicted octanol–water partition coefficient (Wildman–Crippen LogP) is 2.80. The molecule has 0 saturated heterocycles. The SMILES string of the molecule is O=C(CN(C1CCCCC1)S(=O)(=O)c1ccc(Br)cc1)NCCSc1ncn[nH]1. The molecule has 0 spiro atoms. The number of hydrogen-bond donors (Lipinski definition) is 2. The van der Waals surface area contributed by atoms with Crippen LogP contribution in [0.3, 0.4) is 0 Å². The molecule has 8 nitrogen and oxygen atoms in total. The van der Waals surface area contributed by atoms with E-state index in [1.807, 2.05) is 0 Å². The largest absolute Gasteiger partial charge is 0.354 e. The average Bonchev–Trinajstić information content (AvgIpc) is 3.24. The van der Waals surface area contributed by atoms with Crippen LogP contribution in [-0.4, -0.2) is 58.7 Å². The van der Waals surface area contributed by atoms with E-state index in [4.69, 9.17) is 0 Å². The van der Waals surface area contributed by atoms with E-state index in [-0.39, 0.29) is 23.4 Å². The minimum absolute atomic E-state index is 0.147. The molecule has 1 aromatic heterocycles. The molecule has 2 aromatic rings. The molecule has 1 fully saturated rings. The fourth-order valence-corrected chi connectivity index (χ4v) is 5.86. The van der Waals surface area contributed by atoms with Gasteiger partial charge >= 0.3 is 0 Å². The first-order valence-electron chi connectivity index (χ1n) is 9.49. The third-order valence-electron chi connectivity index (χ3n) is 4.76. The fourth-order valence-electron chi connectivity index (χ4n) is 3.32. The number of sulfonamides is 1. The minimum atomic E-state index is -3.76. The lowest BCUT2D eigenvalue weighted by Gasteiger charge is -2.33. The van der Waals surface area contributed by atoms with Crippen molar-refractivity contribution in [3.8, 4) is 0 Å². The number of nitrogens with zero attached hydrogens (tertiary/aromatic N) is 3. The Morgan fingerprint density at radius 2 is 1.97 bits per heavy atom. The molecule has 1 amide bonds. The summed E-state index contributed by atoms with van der Waals surface area (Å²) >= 11 is 4.77. The van der Waals surface area contributed by atoms with Crippen LogP contribution in [0, 0.1) is 0 Å². The molecular weight excluding hydrogens is 478 g/mol. The van der Waals surface area contributed by atoms with E-state index in [1.165, 1.54) is 22.4 Å². The highest BCUT2D eigenvalue weighted by molar-refractivity contribution is 9.10. The van der Waals surface area contributed by atoms with Gasteiger partial charge in [-0.15, -0.1) is 0 Å². The zero-order valence-corrected chi connectivity index (χ0v) is 19.1. The molecule has 2 N–H and O–H groups in total. The summed E-state index contributed by atoms with van der Waals surface area (Å²) in [6.07, 6.45) is 6.05. The van der Waals surface area contributed by atoms with Crippen LogP contribution in [0.15, 0.2) is 45.1 Å². The van der Waals surface area contributed by atoms with Gasteiger partial charge in [0.15, 0.2) is 5.16 Å². The highest BCUT2D eigenvalue weighted by atomic mass is 79.9. The van der Waals surface area contributed by atoms with Crippen LogP contribution in [0.1, 0.15) is 32.1 Å². The first-order chi connectivity index (χ1) is 14.0. The number of H-pyrrole nitrogens is 1. The Morgan fingerprint density at radius 1 is 1.24 bits per heavy atom. The standard InChI is InChI=1S/C18H24BrN5O3S2/c19-14-6-8-16(9-7-14)29(26,27)24(15-4-2-1-3-5-15)12-17(25)20-10-11-28-18-21-13-22-23-18/h6-9,13,15H,1-5,10-12H2,(H,20,25)(H,21,22,23). The first kappa shape index (κ1) is 22.3. The van der Waals surface area contributed by atoms with Crippen molar-refractivity contribution in [2.75, 3.05) is 18.8 Å². The van der Waals surface area contributed by atoms with Crippen LogP contribution in [0.25, 0.3) is 0 Å². The van der Waals surface area contributed by atoms with E-state index in [2.05, 4.69) is 36.4 Å². The monoisotopic (exact) mass is 501 g/mol. The molecule has 158 valence electrons. The maximum atomic E-state index is 13.3. The van der Waals surface area contributed by atoms with Crippen LogP contribution in [0.5, 0.6) is 0 Å². The summed E-state index contributed by atoms with van der Waals surface area (Å²) in [6, 6.07) is 6.40. The Bertz CT molecular complexity index is 885. The number of benzene rings is 1. The summed E-state index contributed by atoms with van der Waals surface area (Å²) in [6.45, 7) is 0.247. The number of amides is 1. The fraction of sp³-hybridized carbons (Fsp3) is 0.500. The molecule has 0 unspecified atom stereocenters. The summed E-state index contributed by atoms with van der Waals surface area (Å²) < 4.78 is 28.7. The second-order valence-electron chi connectivity index (χ2n) is 6.79. The van der Waals surface area contributed by atoms with Crippen LogP contribution in [0.2, 0.25) is 0 Å². The number of carbonyl (C=O) groups is 1.